The highest BCUT2D eigenvalue weighted by Gasteiger charge is 2.59. The molecule has 3 saturated carbocycles. The molecule has 0 spiro atoms. The minimum atomic E-state index is 0.644. The molecule has 0 radical (unpaired) electrons. The van der Waals surface area contributed by atoms with E-state index in [0.29, 0.717) is 16.2 Å². The fraction of sp³-hybridized carbons (Fsp3) is 1.00. The van der Waals surface area contributed by atoms with Crippen LogP contribution in [0.2, 0.25) is 0 Å². The molecule has 0 aromatic heterocycles. The first-order valence-corrected chi connectivity index (χ1v) is 7.77. The molecule has 0 aromatic rings. The molecule has 0 amide bonds. The van der Waals surface area contributed by atoms with Crippen LogP contribution in [0.5, 0.6) is 0 Å². The lowest BCUT2D eigenvalue weighted by molar-refractivity contribution is -0.102. The molecule has 98 valence electrons. The van der Waals surface area contributed by atoms with Crippen molar-refractivity contribution in [3.63, 3.8) is 0 Å². The Kier molecular flexibility index (Phi) is 2.34. The number of fused-ring (bicyclic) bond motifs is 4. The van der Waals surface area contributed by atoms with E-state index in [1.165, 1.54) is 38.5 Å². The van der Waals surface area contributed by atoms with E-state index in [9.17, 15) is 0 Å². The predicted octanol–water partition coefficient (Wildman–Crippen LogP) is 5.28. The standard InChI is InChI=1S/C17H30/c1-12-6-8-17(5)11-16(12,4)9-7-13-14(17)10-15(13,2)3/h12-14H,6-11H2,1-5H3. The van der Waals surface area contributed by atoms with Gasteiger partial charge < -0.3 is 0 Å². The maximum atomic E-state index is 2.62. The number of rotatable bonds is 0. The predicted molar refractivity (Wildman–Crippen MR) is 73.8 cm³/mol. The average Bonchev–Trinajstić information content (AvgIpc) is 2.28. The molecule has 0 heterocycles. The molecular formula is C17H30. The van der Waals surface area contributed by atoms with Gasteiger partial charge in [0.1, 0.15) is 0 Å². The molecule has 2 bridgehead atoms. The normalized spacial score (nSPS) is 56.6. The van der Waals surface area contributed by atoms with E-state index in [-0.39, 0.29) is 0 Å². The fourth-order valence-corrected chi connectivity index (χ4v) is 5.78. The second-order valence-corrected chi connectivity index (χ2v) is 8.87. The van der Waals surface area contributed by atoms with Crippen LogP contribution in [0.15, 0.2) is 0 Å². The van der Waals surface area contributed by atoms with Crippen LogP contribution in [0, 0.1) is 34.0 Å². The third kappa shape index (κ3) is 1.55. The molecule has 5 atom stereocenters. The summed E-state index contributed by atoms with van der Waals surface area (Å²) in [5, 5.41) is 0. The van der Waals surface area contributed by atoms with E-state index in [1.807, 2.05) is 0 Å². The van der Waals surface area contributed by atoms with Gasteiger partial charge in [0.05, 0.1) is 0 Å². The Morgan fingerprint density at radius 3 is 2.12 bits per heavy atom. The van der Waals surface area contributed by atoms with Crippen LogP contribution < -0.4 is 0 Å². The molecule has 0 heteroatoms. The van der Waals surface area contributed by atoms with Crippen molar-refractivity contribution in [3.8, 4) is 0 Å². The van der Waals surface area contributed by atoms with E-state index in [1.54, 1.807) is 0 Å². The Bertz CT molecular complexity index is 329. The average molecular weight is 234 g/mol. The lowest BCUT2D eigenvalue weighted by Gasteiger charge is -2.59. The van der Waals surface area contributed by atoms with Gasteiger partial charge in [-0.3, -0.25) is 0 Å². The molecule has 3 fully saturated rings. The minimum absolute atomic E-state index is 0.644. The van der Waals surface area contributed by atoms with Crippen molar-refractivity contribution in [1.82, 2.24) is 0 Å². The summed E-state index contributed by atoms with van der Waals surface area (Å²) in [4.78, 5) is 0. The second kappa shape index (κ2) is 3.31. The molecule has 3 rings (SSSR count). The van der Waals surface area contributed by atoms with Crippen molar-refractivity contribution in [1.29, 1.82) is 0 Å². The van der Waals surface area contributed by atoms with E-state index in [0.717, 1.165) is 17.8 Å². The molecule has 0 nitrogen and oxygen atoms in total. The Labute approximate surface area is 108 Å². The second-order valence-electron chi connectivity index (χ2n) is 8.87. The first-order valence-electron chi connectivity index (χ1n) is 7.77. The van der Waals surface area contributed by atoms with Gasteiger partial charge in [-0.15, -0.1) is 0 Å². The third-order valence-corrected chi connectivity index (χ3v) is 7.30. The lowest BCUT2D eigenvalue weighted by Crippen LogP contribution is -2.51. The SMILES string of the molecule is CC1CCC2(C)CC1(C)CCC1C2CC1(C)C. The van der Waals surface area contributed by atoms with E-state index >= 15 is 0 Å². The van der Waals surface area contributed by atoms with Crippen molar-refractivity contribution < 1.29 is 0 Å². The summed E-state index contributed by atoms with van der Waals surface area (Å²) in [6.07, 6.45) is 9.00. The molecule has 0 N–H and O–H groups in total. The van der Waals surface area contributed by atoms with E-state index in [4.69, 9.17) is 0 Å². The van der Waals surface area contributed by atoms with Crippen molar-refractivity contribution in [2.24, 2.45) is 34.0 Å². The van der Waals surface area contributed by atoms with Gasteiger partial charge in [0.15, 0.2) is 0 Å². The zero-order valence-electron chi connectivity index (χ0n) is 12.5. The molecule has 0 aliphatic heterocycles. The first kappa shape index (κ1) is 12.1. The van der Waals surface area contributed by atoms with Crippen LogP contribution in [-0.4, -0.2) is 0 Å². The molecule has 17 heavy (non-hydrogen) atoms. The topological polar surface area (TPSA) is 0 Å². The maximum Gasteiger partial charge on any atom is -0.0289 e. The van der Waals surface area contributed by atoms with Crippen LogP contribution in [0.4, 0.5) is 0 Å². The van der Waals surface area contributed by atoms with Crippen LogP contribution in [0.1, 0.15) is 73.1 Å². The maximum absolute atomic E-state index is 2.62. The van der Waals surface area contributed by atoms with Gasteiger partial charge in [-0.1, -0.05) is 34.6 Å². The monoisotopic (exact) mass is 234 g/mol. The smallest absolute Gasteiger partial charge is 0.0289 e. The van der Waals surface area contributed by atoms with Crippen molar-refractivity contribution in [2.75, 3.05) is 0 Å². The summed E-state index contributed by atoms with van der Waals surface area (Å²) < 4.78 is 0. The highest BCUT2D eigenvalue weighted by atomic mass is 14.6. The Morgan fingerprint density at radius 2 is 1.47 bits per heavy atom. The van der Waals surface area contributed by atoms with E-state index < -0.39 is 0 Å². The van der Waals surface area contributed by atoms with Crippen molar-refractivity contribution in [2.45, 2.75) is 73.1 Å². The molecular weight excluding hydrogens is 204 g/mol. The molecule has 3 aliphatic carbocycles. The van der Waals surface area contributed by atoms with Crippen molar-refractivity contribution >= 4 is 0 Å². The van der Waals surface area contributed by atoms with Gasteiger partial charge in [-0.2, -0.15) is 0 Å². The molecule has 0 aromatic carbocycles. The Hall–Kier alpha value is 0. The minimum Gasteiger partial charge on any atom is -0.0620 e. The van der Waals surface area contributed by atoms with Gasteiger partial charge in [0.25, 0.3) is 0 Å². The quantitative estimate of drug-likeness (QED) is 0.535. The Balaban J connectivity index is 1.93. The largest absolute Gasteiger partial charge is 0.0620 e. The van der Waals surface area contributed by atoms with Gasteiger partial charge in [-0.05, 0) is 72.5 Å². The Morgan fingerprint density at radius 1 is 0.824 bits per heavy atom. The first-order chi connectivity index (χ1) is 7.77. The van der Waals surface area contributed by atoms with Crippen LogP contribution in [-0.2, 0) is 0 Å². The highest BCUT2D eigenvalue weighted by Crippen LogP contribution is 2.68. The third-order valence-electron chi connectivity index (χ3n) is 7.30. The lowest BCUT2D eigenvalue weighted by atomic mass is 9.45. The summed E-state index contributed by atoms with van der Waals surface area (Å²) in [5.74, 6) is 3.03. The van der Waals surface area contributed by atoms with Crippen molar-refractivity contribution in [3.05, 3.63) is 0 Å². The summed E-state index contributed by atoms with van der Waals surface area (Å²) in [5.41, 5.74) is 1.98. The highest BCUT2D eigenvalue weighted by molar-refractivity contribution is 5.09. The van der Waals surface area contributed by atoms with Crippen LogP contribution in [0.3, 0.4) is 0 Å². The molecule has 0 saturated heterocycles. The van der Waals surface area contributed by atoms with Gasteiger partial charge in [-0.25, -0.2) is 0 Å². The molecule has 5 unspecified atom stereocenters. The summed E-state index contributed by atoms with van der Waals surface area (Å²) in [7, 11) is 0. The summed E-state index contributed by atoms with van der Waals surface area (Å²) >= 11 is 0. The number of hydrogen-bond donors (Lipinski definition) is 0. The van der Waals surface area contributed by atoms with Crippen LogP contribution in [0.25, 0.3) is 0 Å². The summed E-state index contributed by atoms with van der Waals surface area (Å²) in [6, 6.07) is 0. The number of hydrogen-bond acceptors (Lipinski definition) is 0. The summed E-state index contributed by atoms with van der Waals surface area (Å²) in [6.45, 7) is 12.7. The van der Waals surface area contributed by atoms with E-state index in [2.05, 4.69) is 34.6 Å². The zero-order valence-corrected chi connectivity index (χ0v) is 12.5. The zero-order chi connectivity index (χ0) is 12.5. The molecule has 3 aliphatic rings. The fourth-order valence-electron chi connectivity index (χ4n) is 5.78. The van der Waals surface area contributed by atoms with Gasteiger partial charge in [0, 0.05) is 0 Å². The van der Waals surface area contributed by atoms with Gasteiger partial charge in [0.2, 0.25) is 0 Å². The van der Waals surface area contributed by atoms with Crippen LogP contribution >= 0.6 is 0 Å². The van der Waals surface area contributed by atoms with Gasteiger partial charge >= 0.3 is 0 Å².